The Bertz CT molecular complexity index is 378. The van der Waals surface area contributed by atoms with Gasteiger partial charge in [-0.05, 0) is 37.2 Å². The van der Waals surface area contributed by atoms with Crippen molar-refractivity contribution in [2.75, 3.05) is 39.0 Å². The Kier molecular flexibility index (Phi) is 5.51. The van der Waals surface area contributed by atoms with Gasteiger partial charge in [0.1, 0.15) is 5.75 Å². The Morgan fingerprint density at radius 2 is 2.21 bits per heavy atom. The standard InChI is InChI=1S/C14H22N2O2S/c1-18-12-2-4-13(5-3-12)19-9-8-16-11-14(17)6-7-15-10-14/h2-5,15-17H,6-11H2,1H3/t14-/m0/s1. The van der Waals surface area contributed by atoms with E-state index in [-0.39, 0.29) is 0 Å². The lowest BCUT2D eigenvalue weighted by Crippen LogP contribution is -2.42. The molecule has 1 atom stereocenters. The average Bonchev–Trinajstić information content (AvgIpc) is 2.86. The summed E-state index contributed by atoms with van der Waals surface area (Å²) in [7, 11) is 1.68. The molecule has 2 rings (SSSR count). The highest BCUT2D eigenvalue weighted by Gasteiger charge is 2.29. The molecule has 3 N–H and O–H groups in total. The largest absolute Gasteiger partial charge is 0.497 e. The van der Waals surface area contributed by atoms with Crippen molar-refractivity contribution in [2.24, 2.45) is 0 Å². The number of β-amino-alcohol motifs (C(OH)–C–C–N with tert-alkyl or cyclic N) is 1. The Morgan fingerprint density at radius 1 is 1.42 bits per heavy atom. The van der Waals surface area contributed by atoms with Gasteiger partial charge in [-0.15, -0.1) is 11.8 Å². The van der Waals surface area contributed by atoms with Gasteiger partial charge in [-0.3, -0.25) is 0 Å². The fourth-order valence-corrected chi connectivity index (χ4v) is 2.93. The summed E-state index contributed by atoms with van der Waals surface area (Å²) in [6, 6.07) is 8.08. The van der Waals surface area contributed by atoms with E-state index in [1.807, 2.05) is 12.1 Å². The van der Waals surface area contributed by atoms with Crippen molar-refractivity contribution in [1.29, 1.82) is 0 Å². The highest BCUT2D eigenvalue weighted by Crippen LogP contribution is 2.20. The summed E-state index contributed by atoms with van der Waals surface area (Å²) in [6.45, 7) is 3.19. The van der Waals surface area contributed by atoms with Crippen LogP contribution in [0, 0.1) is 0 Å². The number of ether oxygens (including phenoxy) is 1. The third kappa shape index (κ3) is 4.69. The van der Waals surface area contributed by atoms with Gasteiger partial charge in [-0.2, -0.15) is 0 Å². The lowest BCUT2D eigenvalue weighted by molar-refractivity contribution is 0.0619. The molecule has 1 saturated heterocycles. The van der Waals surface area contributed by atoms with E-state index >= 15 is 0 Å². The van der Waals surface area contributed by atoms with Crippen molar-refractivity contribution >= 4 is 11.8 Å². The zero-order valence-corrected chi connectivity index (χ0v) is 12.1. The summed E-state index contributed by atoms with van der Waals surface area (Å²) in [5.74, 6) is 1.88. The molecular formula is C14H22N2O2S. The number of thioether (sulfide) groups is 1. The molecular weight excluding hydrogens is 260 g/mol. The highest BCUT2D eigenvalue weighted by molar-refractivity contribution is 7.99. The first-order valence-electron chi connectivity index (χ1n) is 6.63. The third-order valence-corrected chi connectivity index (χ3v) is 4.30. The van der Waals surface area contributed by atoms with Crippen LogP contribution in [0.5, 0.6) is 5.75 Å². The van der Waals surface area contributed by atoms with Crippen molar-refractivity contribution in [3.05, 3.63) is 24.3 Å². The summed E-state index contributed by atoms with van der Waals surface area (Å²) >= 11 is 1.81. The van der Waals surface area contributed by atoms with Crippen molar-refractivity contribution in [3.63, 3.8) is 0 Å². The molecule has 0 aliphatic carbocycles. The maximum absolute atomic E-state index is 10.1. The lowest BCUT2D eigenvalue weighted by Gasteiger charge is -2.21. The molecule has 1 aliphatic rings. The first-order chi connectivity index (χ1) is 9.22. The highest BCUT2D eigenvalue weighted by atomic mass is 32.2. The van der Waals surface area contributed by atoms with E-state index in [0.29, 0.717) is 13.1 Å². The van der Waals surface area contributed by atoms with Gasteiger partial charge in [0.2, 0.25) is 0 Å². The van der Waals surface area contributed by atoms with Gasteiger partial charge in [0.25, 0.3) is 0 Å². The van der Waals surface area contributed by atoms with E-state index in [1.165, 1.54) is 4.90 Å². The molecule has 0 bridgehead atoms. The molecule has 4 nitrogen and oxygen atoms in total. The number of aliphatic hydroxyl groups is 1. The van der Waals surface area contributed by atoms with Crippen LogP contribution < -0.4 is 15.4 Å². The second-order valence-electron chi connectivity index (χ2n) is 4.85. The van der Waals surface area contributed by atoms with E-state index < -0.39 is 5.60 Å². The van der Waals surface area contributed by atoms with Crippen molar-refractivity contribution in [1.82, 2.24) is 10.6 Å². The zero-order valence-electron chi connectivity index (χ0n) is 11.3. The number of benzene rings is 1. The molecule has 1 aliphatic heterocycles. The van der Waals surface area contributed by atoms with E-state index in [4.69, 9.17) is 4.74 Å². The predicted molar refractivity (Wildman–Crippen MR) is 79.0 cm³/mol. The number of hydrogen-bond donors (Lipinski definition) is 3. The normalized spacial score (nSPS) is 22.6. The Balaban J connectivity index is 1.61. The summed E-state index contributed by atoms with van der Waals surface area (Å²) in [4.78, 5) is 1.24. The van der Waals surface area contributed by atoms with Gasteiger partial charge in [-0.1, -0.05) is 0 Å². The van der Waals surface area contributed by atoms with Gasteiger partial charge >= 0.3 is 0 Å². The Labute approximate surface area is 118 Å². The van der Waals surface area contributed by atoms with Gasteiger partial charge in [0.05, 0.1) is 12.7 Å². The van der Waals surface area contributed by atoms with Crippen LogP contribution >= 0.6 is 11.8 Å². The topological polar surface area (TPSA) is 53.5 Å². The zero-order chi connectivity index (χ0) is 13.6. The molecule has 1 fully saturated rings. The van der Waals surface area contributed by atoms with Gasteiger partial charge in [0, 0.05) is 30.3 Å². The molecule has 5 heteroatoms. The molecule has 0 saturated carbocycles. The molecule has 0 aromatic heterocycles. The van der Waals surface area contributed by atoms with Crippen LogP contribution in [-0.4, -0.2) is 49.7 Å². The van der Waals surface area contributed by atoms with Crippen LogP contribution in [0.25, 0.3) is 0 Å². The summed E-state index contributed by atoms with van der Waals surface area (Å²) in [5, 5.41) is 16.6. The van der Waals surface area contributed by atoms with Crippen LogP contribution in [0.15, 0.2) is 29.2 Å². The minimum absolute atomic E-state index is 0.551. The fourth-order valence-electron chi connectivity index (χ4n) is 2.12. The number of nitrogens with one attached hydrogen (secondary N) is 2. The lowest BCUT2D eigenvalue weighted by atomic mass is 10.0. The average molecular weight is 282 g/mol. The minimum Gasteiger partial charge on any atom is -0.497 e. The van der Waals surface area contributed by atoms with E-state index in [9.17, 15) is 5.11 Å². The van der Waals surface area contributed by atoms with E-state index in [0.717, 1.165) is 31.0 Å². The van der Waals surface area contributed by atoms with Crippen LogP contribution in [0.3, 0.4) is 0 Å². The van der Waals surface area contributed by atoms with Crippen LogP contribution in [-0.2, 0) is 0 Å². The van der Waals surface area contributed by atoms with Gasteiger partial charge in [0.15, 0.2) is 0 Å². The van der Waals surface area contributed by atoms with Gasteiger partial charge < -0.3 is 20.5 Å². The summed E-state index contributed by atoms with van der Waals surface area (Å²) in [6.07, 6.45) is 0.839. The first kappa shape index (κ1) is 14.7. The monoisotopic (exact) mass is 282 g/mol. The first-order valence-corrected chi connectivity index (χ1v) is 7.61. The Hall–Kier alpha value is -0.750. The molecule has 0 spiro atoms. The SMILES string of the molecule is COc1ccc(SCCNC[C@]2(O)CCNC2)cc1. The summed E-state index contributed by atoms with van der Waals surface area (Å²) in [5.41, 5.74) is -0.551. The maximum Gasteiger partial charge on any atom is 0.118 e. The second-order valence-corrected chi connectivity index (χ2v) is 6.02. The maximum atomic E-state index is 10.1. The molecule has 1 heterocycles. The molecule has 106 valence electrons. The predicted octanol–water partition coefficient (Wildman–Crippen LogP) is 1.10. The van der Waals surface area contributed by atoms with Crippen molar-refractivity contribution in [3.8, 4) is 5.75 Å². The van der Waals surface area contributed by atoms with Gasteiger partial charge in [-0.25, -0.2) is 0 Å². The summed E-state index contributed by atoms with van der Waals surface area (Å²) < 4.78 is 5.12. The molecule has 0 amide bonds. The van der Waals surface area contributed by atoms with Crippen molar-refractivity contribution < 1.29 is 9.84 Å². The second kappa shape index (κ2) is 7.14. The molecule has 0 unspecified atom stereocenters. The van der Waals surface area contributed by atoms with Crippen molar-refractivity contribution in [2.45, 2.75) is 16.9 Å². The number of hydrogen-bond acceptors (Lipinski definition) is 5. The Morgan fingerprint density at radius 3 is 2.84 bits per heavy atom. The molecule has 0 radical (unpaired) electrons. The molecule has 19 heavy (non-hydrogen) atoms. The molecule has 1 aromatic rings. The van der Waals surface area contributed by atoms with E-state index in [2.05, 4.69) is 22.8 Å². The smallest absolute Gasteiger partial charge is 0.118 e. The van der Waals surface area contributed by atoms with Crippen LogP contribution in [0.4, 0.5) is 0 Å². The van der Waals surface area contributed by atoms with Crippen LogP contribution in [0.1, 0.15) is 6.42 Å². The van der Waals surface area contributed by atoms with Crippen LogP contribution in [0.2, 0.25) is 0 Å². The van der Waals surface area contributed by atoms with E-state index in [1.54, 1.807) is 18.9 Å². The quantitative estimate of drug-likeness (QED) is 0.516. The number of rotatable bonds is 7. The minimum atomic E-state index is -0.551. The third-order valence-electron chi connectivity index (χ3n) is 3.28. The number of methoxy groups -OCH3 is 1. The molecule has 1 aromatic carbocycles. The fraction of sp³-hybridized carbons (Fsp3) is 0.571.